The Balaban J connectivity index is 1.52. The van der Waals surface area contributed by atoms with Crippen molar-refractivity contribution in [2.75, 3.05) is 0 Å². The standard InChI is InChI=1S/C19H13N3O3S2/c23-16-11-13(21-19-22(16)9-10-26-19)12-25-18(24)15-7-4-8-20-17(15)27-14-5-2-1-3-6-14/h1-11H,12H2. The highest BCUT2D eigenvalue weighted by Crippen LogP contribution is 2.28. The summed E-state index contributed by atoms with van der Waals surface area (Å²) in [6.07, 6.45) is 3.29. The van der Waals surface area contributed by atoms with Crippen molar-refractivity contribution in [2.45, 2.75) is 16.5 Å². The minimum atomic E-state index is -0.505. The van der Waals surface area contributed by atoms with Gasteiger partial charge in [-0.15, -0.1) is 11.3 Å². The molecule has 0 saturated carbocycles. The molecular weight excluding hydrogens is 382 g/mol. The number of benzene rings is 1. The van der Waals surface area contributed by atoms with Gasteiger partial charge < -0.3 is 4.74 Å². The molecule has 27 heavy (non-hydrogen) atoms. The Bertz CT molecular complexity index is 1160. The molecule has 134 valence electrons. The van der Waals surface area contributed by atoms with E-state index in [9.17, 15) is 9.59 Å². The van der Waals surface area contributed by atoms with Crippen LogP contribution in [0.25, 0.3) is 4.96 Å². The summed E-state index contributed by atoms with van der Waals surface area (Å²) in [6.45, 7) is -0.0766. The van der Waals surface area contributed by atoms with Crippen LogP contribution in [0.5, 0.6) is 0 Å². The molecule has 0 aliphatic rings. The lowest BCUT2D eigenvalue weighted by Gasteiger charge is -2.08. The van der Waals surface area contributed by atoms with Gasteiger partial charge in [0.15, 0.2) is 4.96 Å². The average Bonchev–Trinajstić information content (AvgIpc) is 3.17. The van der Waals surface area contributed by atoms with Crippen LogP contribution in [0.15, 0.2) is 81.0 Å². The van der Waals surface area contributed by atoms with Crippen molar-refractivity contribution in [3.05, 3.63) is 87.9 Å². The summed E-state index contributed by atoms with van der Waals surface area (Å²) < 4.78 is 6.82. The van der Waals surface area contributed by atoms with E-state index in [0.717, 1.165) is 4.90 Å². The number of carbonyl (C=O) groups is 1. The Morgan fingerprint density at radius 1 is 1.19 bits per heavy atom. The molecule has 3 aromatic heterocycles. The smallest absolute Gasteiger partial charge is 0.341 e. The number of fused-ring (bicyclic) bond motifs is 1. The number of aromatic nitrogens is 3. The van der Waals surface area contributed by atoms with Gasteiger partial charge in [-0.1, -0.05) is 30.0 Å². The highest BCUT2D eigenvalue weighted by molar-refractivity contribution is 7.99. The Morgan fingerprint density at radius 2 is 2.04 bits per heavy atom. The van der Waals surface area contributed by atoms with E-state index in [-0.39, 0.29) is 12.2 Å². The van der Waals surface area contributed by atoms with Gasteiger partial charge in [0.1, 0.15) is 11.6 Å². The SMILES string of the molecule is O=C(OCc1cc(=O)n2ccsc2n1)c1cccnc1Sc1ccccc1. The topological polar surface area (TPSA) is 73.6 Å². The monoisotopic (exact) mass is 395 g/mol. The largest absolute Gasteiger partial charge is 0.456 e. The molecule has 1 aromatic carbocycles. The summed E-state index contributed by atoms with van der Waals surface area (Å²) in [5.41, 5.74) is 0.589. The first-order chi connectivity index (χ1) is 13.2. The molecule has 0 atom stereocenters. The number of nitrogens with zero attached hydrogens (tertiary/aromatic N) is 3. The van der Waals surface area contributed by atoms with Crippen molar-refractivity contribution in [2.24, 2.45) is 0 Å². The molecule has 6 nitrogen and oxygen atoms in total. The summed E-state index contributed by atoms with van der Waals surface area (Å²) in [6, 6.07) is 14.4. The van der Waals surface area contributed by atoms with Gasteiger partial charge in [0.25, 0.3) is 5.56 Å². The van der Waals surface area contributed by atoms with Crippen LogP contribution in [0.4, 0.5) is 0 Å². The Labute approximate surface area is 162 Å². The molecule has 0 aliphatic heterocycles. The number of thiazole rings is 1. The molecule has 0 bridgehead atoms. The fourth-order valence-corrected chi connectivity index (χ4v) is 4.04. The first kappa shape index (κ1) is 17.4. The molecule has 3 heterocycles. The summed E-state index contributed by atoms with van der Waals surface area (Å²) in [4.78, 5) is 34.7. The lowest BCUT2D eigenvalue weighted by atomic mass is 10.3. The average molecular weight is 395 g/mol. The molecule has 0 saturated heterocycles. The van der Waals surface area contributed by atoms with Crippen LogP contribution >= 0.6 is 23.1 Å². The van der Waals surface area contributed by atoms with Crippen molar-refractivity contribution in [1.29, 1.82) is 0 Å². The van der Waals surface area contributed by atoms with Gasteiger partial charge in [-0.25, -0.2) is 14.8 Å². The second kappa shape index (κ2) is 7.73. The summed E-state index contributed by atoms with van der Waals surface area (Å²) in [7, 11) is 0. The van der Waals surface area contributed by atoms with Gasteiger partial charge in [0.2, 0.25) is 0 Å². The molecule has 4 aromatic rings. The van der Waals surface area contributed by atoms with E-state index < -0.39 is 5.97 Å². The van der Waals surface area contributed by atoms with Gasteiger partial charge in [-0.3, -0.25) is 9.20 Å². The lowest BCUT2D eigenvalue weighted by molar-refractivity contribution is 0.0462. The van der Waals surface area contributed by atoms with E-state index in [2.05, 4.69) is 9.97 Å². The van der Waals surface area contributed by atoms with Gasteiger partial charge in [0, 0.05) is 28.7 Å². The third-order valence-electron chi connectivity index (χ3n) is 3.66. The van der Waals surface area contributed by atoms with E-state index in [0.29, 0.717) is 21.2 Å². The number of hydrogen-bond donors (Lipinski definition) is 0. The molecule has 0 aliphatic carbocycles. The molecule has 0 N–H and O–H groups in total. The number of pyridine rings is 1. The van der Waals surface area contributed by atoms with E-state index in [1.54, 1.807) is 29.9 Å². The maximum atomic E-state index is 12.5. The van der Waals surface area contributed by atoms with Crippen molar-refractivity contribution >= 4 is 34.0 Å². The Kier molecular flexibility index (Phi) is 4.99. The predicted octanol–water partition coefficient (Wildman–Crippen LogP) is 3.66. The van der Waals surface area contributed by atoms with Crippen molar-refractivity contribution < 1.29 is 9.53 Å². The van der Waals surface area contributed by atoms with E-state index in [4.69, 9.17) is 4.74 Å². The summed E-state index contributed by atoms with van der Waals surface area (Å²) in [5.74, 6) is -0.505. The van der Waals surface area contributed by atoms with Crippen LogP contribution in [0.3, 0.4) is 0 Å². The summed E-state index contributed by atoms with van der Waals surface area (Å²) in [5, 5.41) is 2.35. The highest BCUT2D eigenvalue weighted by Gasteiger charge is 2.15. The third kappa shape index (κ3) is 3.91. The van der Waals surface area contributed by atoms with E-state index >= 15 is 0 Å². The predicted molar refractivity (Wildman–Crippen MR) is 103 cm³/mol. The third-order valence-corrected chi connectivity index (χ3v) is 5.44. The van der Waals surface area contributed by atoms with Crippen LogP contribution in [0.1, 0.15) is 16.1 Å². The Hall–Kier alpha value is -2.97. The van der Waals surface area contributed by atoms with E-state index in [1.165, 1.54) is 33.6 Å². The van der Waals surface area contributed by atoms with E-state index in [1.807, 2.05) is 30.3 Å². The molecule has 0 radical (unpaired) electrons. The van der Waals surface area contributed by atoms with Crippen LogP contribution in [-0.2, 0) is 11.3 Å². The van der Waals surface area contributed by atoms with Crippen molar-refractivity contribution in [3.63, 3.8) is 0 Å². The van der Waals surface area contributed by atoms with Crippen molar-refractivity contribution in [3.8, 4) is 0 Å². The van der Waals surface area contributed by atoms with Gasteiger partial charge in [-0.2, -0.15) is 0 Å². The van der Waals surface area contributed by atoms with Gasteiger partial charge >= 0.3 is 5.97 Å². The highest BCUT2D eigenvalue weighted by atomic mass is 32.2. The van der Waals surface area contributed by atoms with Crippen LogP contribution in [0.2, 0.25) is 0 Å². The molecular formula is C19H13N3O3S2. The number of rotatable bonds is 5. The number of carbonyl (C=O) groups excluding carboxylic acids is 1. The van der Waals surface area contributed by atoms with Gasteiger partial charge in [0.05, 0.1) is 11.3 Å². The van der Waals surface area contributed by atoms with Crippen LogP contribution in [-0.4, -0.2) is 20.3 Å². The molecule has 0 fully saturated rings. The number of ether oxygens (including phenoxy) is 1. The Morgan fingerprint density at radius 3 is 2.89 bits per heavy atom. The fourth-order valence-electron chi connectivity index (χ4n) is 2.41. The minimum Gasteiger partial charge on any atom is -0.456 e. The first-order valence-electron chi connectivity index (χ1n) is 8.01. The molecule has 0 amide bonds. The summed E-state index contributed by atoms with van der Waals surface area (Å²) >= 11 is 2.74. The van der Waals surface area contributed by atoms with Crippen LogP contribution in [0, 0.1) is 0 Å². The lowest BCUT2D eigenvalue weighted by Crippen LogP contribution is -2.15. The number of hydrogen-bond acceptors (Lipinski definition) is 7. The second-order valence-electron chi connectivity index (χ2n) is 5.49. The molecule has 0 unspecified atom stereocenters. The zero-order chi connectivity index (χ0) is 18.6. The van der Waals surface area contributed by atoms with Crippen LogP contribution < -0.4 is 5.56 Å². The minimum absolute atomic E-state index is 0.0766. The first-order valence-corrected chi connectivity index (χ1v) is 9.71. The van der Waals surface area contributed by atoms with Gasteiger partial charge in [-0.05, 0) is 24.3 Å². The fraction of sp³-hybridized carbons (Fsp3) is 0.0526. The maximum absolute atomic E-state index is 12.5. The quantitative estimate of drug-likeness (QED) is 0.480. The zero-order valence-electron chi connectivity index (χ0n) is 13.9. The number of esters is 1. The maximum Gasteiger partial charge on any atom is 0.341 e. The van der Waals surface area contributed by atoms with Crippen molar-refractivity contribution in [1.82, 2.24) is 14.4 Å². The zero-order valence-corrected chi connectivity index (χ0v) is 15.6. The second-order valence-corrected chi connectivity index (χ2v) is 7.42. The normalized spacial score (nSPS) is 10.8. The molecule has 0 spiro atoms. The molecule has 4 rings (SSSR count). The molecule has 8 heteroatoms.